The predicted molar refractivity (Wildman–Crippen MR) is 59.4 cm³/mol. The normalized spacial score (nSPS) is 9.93. The molecule has 2 aromatic rings. The third-order valence-electron chi connectivity index (χ3n) is 1.78. The third kappa shape index (κ3) is 2.00. The average molecular weight is 220 g/mol. The van der Waals surface area contributed by atoms with Gasteiger partial charge >= 0.3 is 0 Å². The first kappa shape index (κ1) is 9.38. The van der Waals surface area contributed by atoms with Gasteiger partial charge in [-0.15, -0.1) is 22.7 Å². The van der Waals surface area contributed by atoms with Gasteiger partial charge in [0.25, 0.3) is 0 Å². The molecule has 2 aromatic heterocycles. The van der Waals surface area contributed by atoms with E-state index in [0.717, 1.165) is 17.1 Å². The Hall–Kier alpha value is -1.18. The Kier molecular flexibility index (Phi) is 2.92. The lowest BCUT2D eigenvalue weighted by atomic mass is 10.3. The summed E-state index contributed by atoms with van der Waals surface area (Å²) in [4.78, 5) is 5.67. The fourth-order valence-electron chi connectivity index (χ4n) is 1.13. The van der Waals surface area contributed by atoms with E-state index in [1.807, 2.05) is 11.4 Å². The third-order valence-corrected chi connectivity index (χ3v) is 3.58. The Bertz CT molecular complexity index is 437. The first-order valence-electron chi connectivity index (χ1n) is 4.25. The summed E-state index contributed by atoms with van der Waals surface area (Å²) in [6.07, 6.45) is 1.32. The van der Waals surface area contributed by atoms with Crippen molar-refractivity contribution in [3.05, 3.63) is 27.9 Å². The molecular formula is C10H8N2S2. The van der Waals surface area contributed by atoms with Crippen molar-refractivity contribution in [2.24, 2.45) is 0 Å². The first-order valence-corrected chi connectivity index (χ1v) is 6.01. The van der Waals surface area contributed by atoms with Crippen molar-refractivity contribution in [3.8, 4) is 16.6 Å². The van der Waals surface area contributed by atoms with Crippen LogP contribution in [0.4, 0.5) is 0 Å². The second kappa shape index (κ2) is 4.36. The molecule has 0 aliphatic heterocycles. The van der Waals surface area contributed by atoms with E-state index in [2.05, 4.69) is 22.5 Å². The van der Waals surface area contributed by atoms with Gasteiger partial charge in [-0.05, 0) is 11.4 Å². The second-order valence-corrected chi connectivity index (χ2v) is 4.65. The average Bonchev–Trinajstić information content (AvgIpc) is 2.85. The van der Waals surface area contributed by atoms with Crippen LogP contribution < -0.4 is 0 Å². The van der Waals surface area contributed by atoms with Gasteiger partial charge in [0.05, 0.1) is 21.6 Å². The molecule has 0 saturated heterocycles. The Morgan fingerprint density at radius 3 is 3.07 bits per heavy atom. The molecule has 0 aliphatic rings. The number of nitrogens with zero attached hydrogens (tertiary/aromatic N) is 2. The summed E-state index contributed by atoms with van der Waals surface area (Å²) in [6, 6.07) is 6.21. The summed E-state index contributed by atoms with van der Waals surface area (Å²) in [5, 5.41) is 13.6. The lowest BCUT2D eigenvalue weighted by Gasteiger charge is -1.88. The van der Waals surface area contributed by atoms with Gasteiger partial charge in [0.1, 0.15) is 0 Å². The molecule has 14 heavy (non-hydrogen) atoms. The van der Waals surface area contributed by atoms with Crippen molar-refractivity contribution in [3.63, 3.8) is 0 Å². The van der Waals surface area contributed by atoms with Gasteiger partial charge in [-0.2, -0.15) is 5.26 Å². The van der Waals surface area contributed by atoms with Crippen LogP contribution in [0.15, 0.2) is 22.9 Å². The van der Waals surface area contributed by atoms with Gasteiger partial charge in [0.15, 0.2) is 0 Å². The maximum Gasteiger partial charge on any atom is 0.0943 e. The van der Waals surface area contributed by atoms with Gasteiger partial charge in [-0.25, -0.2) is 4.98 Å². The van der Waals surface area contributed by atoms with Crippen LogP contribution in [0.25, 0.3) is 10.6 Å². The number of nitriles is 1. The van der Waals surface area contributed by atoms with Gasteiger partial charge < -0.3 is 0 Å². The number of thiazole rings is 1. The Morgan fingerprint density at radius 1 is 1.43 bits per heavy atom. The van der Waals surface area contributed by atoms with E-state index in [-0.39, 0.29) is 0 Å². The summed E-state index contributed by atoms with van der Waals surface area (Å²) in [7, 11) is 0. The lowest BCUT2D eigenvalue weighted by Crippen LogP contribution is -1.81. The van der Waals surface area contributed by atoms with E-state index in [4.69, 9.17) is 5.26 Å². The Balaban J connectivity index is 2.15. The second-order valence-electron chi connectivity index (χ2n) is 2.76. The van der Waals surface area contributed by atoms with Crippen molar-refractivity contribution in [1.82, 2.24) is 4.98 Å². The monoisotopic (exact) mass is 220 g/mol. The highest BCUT2D eigenvalue weighted by atomic mass is 32.1. The summed E-state index contributed by atoms with van der Waals surface area (Å²) in [5.74, 6) is 0. The van der Waals surface area contributed by atoms with Crippen molar-refractivity contribution in [2.75, 3.05) is 0 Å². The fourth-order valence-corrected chi connectivity index (χ4v) is 2.69. The summed E-state index contributed by atoms with van der Waals surface area (Å²) < 4.78 is 0. The number of aryl methyl sites for hydroxylation is 1. The molecule has 70 valence electrons. The molecule has 2 rings (SSSR count). The van der Waals surface area contributed by atoms with Gasteiger partial charge in [0, 0.05) is 18.2 Å². The molecule has 0 fully saturated rings. The van der Waals surface area contributed by atoms with E-state index >= 15 is 0 Å². The number of rotatable bonds is 3. The molecule has 0 saturated carbocycles. The maximum atomic E-state index is 8.45. The van der Waals surface area contributed by atoms with E-state index in [1.165, 1.54) is 4.88 Å². The van der Waals surface area contributed by atoms with Crippen LogP contribution in [0, 0.1) is 11.3 Å². The van der Waals surface area contributed by atoms with Crippen LogP contribution in [-0.4, -0.2) is 4.98 Å². The molecule has 2 heterocycles. The maximum absolute atomic E-state index is 8.45. The van der Waals surface area contributed by atoms with Crippen molar-refractivity contribution in [2.45, 2.75) is 12.8 Å². The number of hydrogen-bond acceptors (Lipinski definition) is 4. The van der Waals surface area contributed by atoms with Crippen molar-refractivity contribution >= 4 is 22.7 Å². The van der Waals surface area contributed by atoms with E-state index in [0.29, 0.717) is 6.42 Å². The van der Waals surface area contributed by atoms with Crippen molar-refractivity contribution in [1.29, 1.82) is 5.26 Å². The minimum Gasteiger partial charge on any atom is -0.240 e. The Labute approximate surface area is 90.5 Å². The summed E-state index contributed by atoms with van der Waals surface area (Å²) in [5.41, 5.74) is 1.04. The molecule has 0 unspecified atom stereocenters. The molecular weight excluding hydrogens is 212 g/mol. The topological polar surface area (TPSA) is 36.7 Å². The minimum absolute atomic E-state index is 0.553. The SMILES string of the molecule is N#CCCc1nc(-c2cccs2)cs1. The molecule has 0 amide bonds. The van der Waals surface area contributed by atoms with Gasteiger partial charge in [0.2, 0.25) is 0 Å². The molecule has 4 heteroatoms. The van der Waals surface area contributed by atoms with Crippen LogP contribution >= 0.6 is 22.7 Å². The van der Waals surface area contributed by atoms with Crippen LogP contribution in [0.2, 0.25) is 0 Å². The summed E-state index contributed by atoms with van der Waals surface area (Å²) >= 11 is 3.32. The number of aromatic nitrogens is 1. The van der Waals surface area contributed by atoms with E-state index < -0.39 is 0 Å². The fraction of sp³-hybridized carbons (Fsp3) is 0.200. The molecule has 0 aromatic carbocycles. The zero-order valence-corrected chi connectivity index (χ0v) is 9.07. The molecule has 0 radical (unpaired) electrons. The number of thiophene rings is 1. The van der Waals surface area contributed by atoms with Gasteiger partial charge in [-0.3, -0.25) is 0 Å². The highest BCUT2D eigenvalue weighted by Crippen LogP contribution is 2.26. The smallest absolute Gasteiger partial charge is 0.0943 e. The summed E-state index contributed by atoms with van der Waals surface area (Å²) in [6.45, 7) is 0. The van der Waals surface area contributed by atoms with Crippen LogP contribution in [-0.2, 0) is 6.42 Å². The van der Waals surface area contributed by atoms with Crippen LogP contribution in [0.1, 0.15) is 11.4 Å². The highest BCUT2D eigenvalue weighted by molar-refractivity contribution is 7.14. The standard InChI is InChI=1S/C10H8N2S2/c11-5-1-4-10-12-8(7-14-10)9-3-2-6-13-9/h2-3,6-7H,1,4H2. The Morgan fingerprint density at radius 2 is 2.36 bits per heavy atom. The van der Waals surface area contributed by atoms with Gasteiger partial charge in [-0.1, -0.05) is 6.07 Å². The highest BCUT2D eigenvalue weighted by Gasteiger charge is 2.04. The molecule has 0 bridgehead atoms. The van der Waals surface area contributed by atoms with E-state index in [1.54, 1.807) is 22.7 Å². The number of hydrogen-bond donors (Lipinski definition) is 0. The molecule has 0 atom stereocenters. The molecule has 0 N–H and O–H groups in total. The zero-order chi connectivity index (χ0) is 9.80. The molecule has 0 aliphatic carbocycles. The molecule has 0 spiro atoms. The quantitative estimate of drug-likeness (QED) is 0.795. The predicted octanol–water partition coefficient (Wildman–Crippen LogP) is 3.33. The minimum atomic E-state index is 0.553. The molecule has 2 nitrogen and oxygen atoms in total. The van der Waals surface area contributed by atoms with Crippen molar-refractivity contribution < 1.29 is 0 Å². The first-order chi connectivity index (χ1) is 6.90. The largest absolute Gasteiger partial charge is 0.240 e. The lowest BCUT2D eigenvalue weighted by molar-refractivity contribution is 0.991. The zero-order valence-electron chi connectivity index (χ0n) is 7.43. The van der Waals surface area contributed by atoms with Crippen LogP contribution in [0.3, 0.4) is 0 Å². The van der Waals surface area contributed by atoms with E-state index in [9.17, 15) is 0 Å². The van der Waals surface area contributed by atoms with Crippen LogP contribution in [0.5, 0.6) is 0 Å².